The first-order chi connectivity index (χ1) is 11.3. The molecule has 0 bridgehead atoms. The van der Waals surface area contributed by atoms with Crippen LogP contribution in [0.15, 0.2) is 53.4 Å². The molecule has 0 aromatic heterocycles. The van der Waals surface area contributed by atoms with Gasteiger partial charge >= 0.3 is 0 Å². The van der Waals surface area contributed by atoms with Gasteiger partial charge in [-0.15, -0.1) is 0 Å². The summed E-state index contributed by atoms with van der Waals surface area (Å²) in [6.07, 6.45) is -0.0149. The van der Waals surface area contributed by atoms with E-state index in [1.54, 1.807) is 12.1 Å². The molecule has 0 spiro atoms. The maximum absolute atomic E-state index is 12.8. The van der Waals surface area contributed by atoms with Crippen molar-refractivity contribution >= 4 is 15.8 Å². The second-order valence-electron chi connectivity index (χ2n) is 5.39. The van der Waals surface area contributed by atoms with Crippen LogP contribution in [0, 0.1) is 5.82 Å². The molecule has 0 amide bonds. The Morgan fingerprint density at radius 1 is 1.08 bits per heavy atom. The quantitative estimate of drug-likeness (QED) is 0.779. The Hall–Kier alpha value is -2.25. The lowest BCUT2D eigenvalue weighted by Crippen LogP contribution is -2.29. The third-order valence-electron chi connectivity index (χ3n) is 3.09. The van der Waals surface area contributed by atoms with Gasteiger partial charge in [0.2, 0.25) is 10.0 Å². The molecule has 1 N–H and O–H groups in total. The van der Waals surface area contributed by atoms with Gasteiger partial charge in [-0.1, -0.05) is 0 Å². The van der Waals surface area contributed by atoms with E-state index in [0.29, 0.717) is 5.75 Å². The molecule has 2 aromatic carbocycles. The summed E-state index contributed by atoms with van der Waals surface area (Å²) >= 11 is 0. The fraction of sp³-hybridized carbons (Fsp3) is 0.235. The molecule has 0 unspecified atom stereocenters. The third-order valence-corrected chi connectivity index (χ3v) is 4.51. The Bertz CT molecular complexity index is 799. The molecule has 0 radical (unpaired) electrons. The first-order valence-corrected chi connectivity index (χ1v) is 8.81. The van der Waals surface area contributed by atoms with Crippen LogP contribution in [0.1, 0.15) is 24.2 Å². The van der Waals surface area contributed by atoms with Crippen molar-refractivity contribution < 1.29 is 22.3 Å². The Labute approximate surface area is 140 Å². The summed E-state index contributed by atoms with van der Waals surface area (Å²) in [5, 5.41) is 0. The largest absolute Gasteiger partial charge is 0.491 e. The van der Waals surface area contributed by atoms with Crippen LogP contribution in [0.4, 0.5) is 4.39 Å². The summed E-state index contributed by atoms with van der Waals surface area (Å²) in [4.78, 5) is 12.0. The number of halogens is 1. The summed E-state index contributed by atoms with van der Waals surface area (Å²) in [5.41, 5.74) is 0.236. The van der Waals surface area contributed by atoms with Crippen molar-refractivity contribution in [2.75, 3.05) is 6.54 Å². The molecule has 0 fully saturated rings. The molecule has 0 atom stereocenters. The van der Waals surface area contributed by atoms with Gasteiger partial charge in [0.05, 0.1) is 17.5 Å². The summed E-state index contributed by atoms with van der Waals surface area (Å²) in [5.74, 6) is -0.347. The molecule has 0 saturated heterocycles. The van der Waals surface area contributed by atoms with Gasteiger partial charge in [0.15, 0.2) is 5.78 Å². The maximum atomic E-state index is 12.8. The Morgan fingerprint density at radius 2 is 1.67 bits per heavy atom. The zero-order chi connectivity index (χ0) is 17.7. The molecule has 7 heteroatoms. The molecule has 128 valence electrons. The van der Waals surface area contributed by atoms with E-state index >= 15 is 0 Å². The van der Waals surface area contributed by atoms with Gasteiger partial charge in [0.25, 0.3) is 0 Å². The monoisotopic (exact) mass is 351 g/mol. The Kier molecular flexibility index (Phi) is 5.69. The van der Waals surface area contributed by atoms with Crippen molar-refractivity contribution in [1.82, 2.24) is 4.72 Å². The van der Waals surface area contributed by atoms with Crippen LogP contribution in [0.25, 0.3) is 0 Å². The molecule has 24 heavy (non-hydrogen) atoms. The van der Waals surface area contributed by atoms with E-state index in [0.717, 1.165) is 12.1 Å². The van der Waals surface area contributed by atoms with E-state index in [9.17, 15) is 17.6 Å². The molecular weight excluding hydrogens is 333 g/mol. The highest BCUT2D eigenvalue weighted by atomic mass is 32.2. The maximum Gasteiger partial charge on any atom is 0.240 e. The summed E-state index contributed by atoms with van der Waals surface area (Å²) in [6.45, 7) is 3.33. The van der Waals surface area contributed by atoms with Crippen molar-refractivity contribution in [2.24, 2.45) is 0 Å². The average Bonchev–Trinajstić information content (AvgIpc) is 2.53. The Morgan fingerprint density at radius 3 is 2.21 bits per heavy atom. The number of ether oxygens (including phenoxy) is 1. The van der Waals surface area contributed by atoms with E-state index in [1.807, 2.05) is 13.8 Å². The van der Waals surface area contributed by atoms with Crippen molar-refractivity contribution in [3.8, 4) is 5.75 Å². The number of rotatable bonds is 7. The predicted molar refractivity (Wildman–Crippen MR) is 88.1 cm³/mol. The third kappa shape index (κ3) is 4.87. The number of hydrogen-bond acceptors (Lipinski definition) is 4. The number of carbonyl (C=O) groups excluding carboxylic acids is 1. The number of benzene rings is 2. The smallest absolute Gasteiger partial charge is 0.240 e. The predicted octanol–water partition coefficient (Wildman–Crippen LogP) is 2.77. The van der Waals surface area contributed by atoms with Crippen LogP contribution in [0.5, 0.6) is 5.75 Å². The minimum atomic E-state index is -3.82. The highest BCUT2D eigenvalue weighted by molar-refractivity contribution is 7.89. The van der Waals surface area contributed by atoms with Crippen LogP contribution >= 0.6 is 0 Å². The van der Waals surface area contributed by atoms with Gasteiger partial charge in [-0.25, -0.2) is 17.5 Å². The molecule has 2 aromatic rings. The van der Waals surface area contributed by atoms with Crippen molar-refractivity contribution in [3.63, 3.8) is 0 Å². The van der Waals surface area contributed by atoms with Gasteiger partial charge in [-0.05, 0) is 62.4 Å². The lowest BCUT2D eigenvalue weighted by Gasteiger charge is -2.10. The minimum Gasteiger partial charge on any atom is -0.491 e. The first-order valence-electron chi connectivity index (χ1n) is 7.33. The van der Waals surface area contributed by atoms with Gasteiger partial charge < -0.3 is 4.74 Å². The normalized spacial score (nSPS) is 11.5. The topological polar surface area (TPSA) is 72.5 Å². The molecule has 0 saturated carbocycles. The molecule has 0 aliphatic carbocycles. The highest BCUT2D eigenvalue weighted by Gasteiger charge is 2.16. The highest BCUT2D eigenvalue weighted by Crippen LogP contribution is 2.17. The number of sulfonamides is 1. The van der Waals surface area contributed by atoms with Crippen molar-refractivity contribution in [1.29, 1.82) is 0 Å². The van der Waals surface area contributed by atoms with Gasteiger partial charge in [0, 0.05) is 5.56 Å². The molecule has 0 heterocycles. The number of Topliss-reactive ketones (excluding diaryl/α,β-unsaturated/α-hetero) is 1. The zero-order valence-corrected chi connectivity index (χ0v) is 14.1. The van der Waals surface area contributed by atoms with Gasteiger partial charge in [-0.3, -0.25) is 4.79 Å². The number of carbonyl (C=O) groups is 1. The second kappa shape index (κ2) is 7.55. The lowest BCUT2D eigenvalue weighted by atomic mass is 10.1. The van der Waals surface area contributed by atoms with E-state index in [1.165, 1.54) is 24.3 Å². The number of nitrogens with one attached hydrogen (secondary N) is 1. The van der Waals surface area contributed by atoms with Crippen LogP contribution in [-0.4, -0.2) is 26.8 Å². The minimum absolute atomic E-state index is 0.0149. The SMILES string of the molecule is CC(C)Oc1ccc(S(=O)(=O)NCC(=O)c2ccc(F)cc2)cc1. The van der Waals surface area contributed by atoms with Crippen LogP contribution in [-0.2, 0) is 10.0 Å². The molecule has 0 aliphatic rings. The van der Waals surface area contributed by atoms with Crippen molar-refractivity contribution in [2.45, 2.75) is 24.8 Å². The van der Waals surface area contributed by atoms with Crippen molar-refractivity contribution in [3.05, 3.63) is 59.9 Å². The molecule has 5 nitrogen and oxygen atoms in total. The second-order valence-corrected chi connectivity index (χ2v) is 7.16. The lowest BCUT2D eigenvalue weighted by molar-refractivity contribution is 0.0997. The summed E-state index contributed by atoms with van der Waals surface area (Å²) < 4.78 is 44.9. The van der Waals surface area contributed by atoms with Gasteiger partial charge in [0.1, 0.15) is 11.6 Å². The average molecular weight is 351 g/mol. The number of hydrogen-bond donors (Lipinski definition) is 1. The van der Waals surface area contributed by atoms with E-state index < -0.39 is 28.2 Å². The van der Waals surface area contributed by atoms with E-state index in [4.69, 9.17) is 4.74 Å². The Balaban J connectivity index is 2.02. The fourth-order valence-electron chi connectivity index (χ4n) is 1.95. The van der Waals surface area contributed by atoms with Crippen LogP contribution in [0.3, 0.4) is 0 Å². The molecule has 2 rings (SSSR count). The summed E-state index contributed by atoms with van der Waals surface area (Å²) in [7, 11) is -3.82. The zero-order valence-electron chi connectivity index (χ0n) is 13.3. The fourth-order valence-corrected chi connectivity index (χ4v) is 2.93. The van der Waals surface area contributed by atoms with E-state index in [-0.39, 0.29) is 16.6 Å². The van der Waals surface area contributed by atoms with Crippen LogP contribution in [0.2, 0.25) is 0 Å². The van der Waals surface area contributed by atoms with Gasteiger partial charge in [-0.2, -0.15) is 0 Å². The van der Waals surface area contributed by atoms with E-state index in [2.05, 4.69) is 4.72 Å². The molecule has 0 aliphatic heterocycles. The number of ketones is 1. The molecular formula is C17H18FNO4S. The first kappa shape index (κ1) is 18.1. The summed E-state index contributed by atoms with van der Waals surface area (Å²) in [6, 6.07) is 10.8. The standard InChI is InChI=1S/C17H18FNO4S/c1-12(2)23-15-7-9-16(10-8-15)24(21,22)19-11-17(20)13-3-5-14(18)6-4-13/h3-10,12,19H,11H2,1-2H3. The van der Waals surface area contributed by atoms with Crippen LogP contribution < -0.4 is 9.46 Å².